The quantitative estimate of drug-likeness (QED) is 0.364. The molecule has 0 aliphatic heterocycles. The molecule has 0 fully saturated rings. The number of amides is 1. The maximum Gasteiger partial charge on any atom is 0.257 e. The fourth-order valence-electron chi connectivity index (χ4n) is 4.15. The Balaban J connectivity index is 1.66. The van der Waals surface area contributed by atoms with E-state index in [0.29, 0.717) is 41.0 Å². The van der Waals surface area contributed by atoms with Crippen molar-refractivity contribution in [3.63, 3.8) is 0 Å². The van der Waals surface area contributed by atoms with Gasteiger partial charge >= 0.3 is 0 Å². The first-order valence-electron chi connectivity index (χ1n) is 11.6. The van der Waals surface area contributed by atoms with Gasteiger partial charge in [-0.25, -0.2) is 0 Å². The Morgan fingerprint density at radius 1 is 0.944 bits per heavy atom. The van der Waals surface area contributed by atoms with E-state index in [9.17, 15) is 9.59 Å². The molecule has 0 unspecified atom stereocenters. The van der Waals surface area contributed by atoms with Crippen molar-refractivity contribution >= 4 is 16.9 Å². The summed E-state index contributed by atoms with van der Waals surface area (Å²) in [4.78, 5) is 26.1. The molecular formula is C29H29NO6. The summed E-state index contributed by atoms with van der Waals surface area (Å²) in [5, 5.41) is 3.26. The van der Waals surface area contributed by atoms with E-state index in [1.807, 2.05) is 56.3 Å². The molecule has 1 amide bonds. The smallest absolute Gasteiger partial charge is 0.257 e. The summed E-state index contributed by atoms with van der Waals surface area (Å²) in [6.45, 7) is 3.92. The highest BCUT2D eigenvalue weighted by Gasteiger charge is 2.21. The van der Waals surface area contributed by atoms with Gasteiger partial charge in [0.1, 0.15) is 5.58 Å². The van der Waals surface area contributed by atoms with Gasteiger partial charge < -0.3 is 23.9 Å². The maximum absolute atomic E-state index is 13.6. The molecule has 0 bridgehead atoms. The summed E-state index contributed by atoms with van der Waals surface area (Å²) in [5.41, 5.74) is 3.53. The molecule has 1 heterocycles. The molecule has 4 aromatic rings. The lowest BCUT2D eigenvalue weighted by molar-refractivity contribution is -0.123. The number of hydrogen-bond acceptors (Lipinski definition) is 6. The second kappa shape index (κ2) is 11.0. The highest BCUT2D eigenvalue weighted by atomic mass is 16.5. The molecule has 0 saturated heterocycles. The first-order valence-corrected chi connectivity index (χ1v) is 11.6. The van der Waals surface area contributed by atoms with Crippen LogP contribution in [0, 0.1) is 13.8 Å². The van der Waals surface area contributed by atoms with E-state index in [-0.39, 0.29) is 29.5 Å². The van der Waals surface area contributed by atoms with Gasteiger partial charge in [0.2, 0.25) is 11.2 Å². The molecule has 7 heteroatoms. The van der Waals surface area contributed by atoms with Gasteiger partial charge in [-0.3, -0.25) is 9.59 Å². The van der Waals surface area contributed by atoms with E-state index in [1.54, 1.807) is 25.3 Å². The number of benzene rings is 3. The number of aryl methyl sites for hydroxylation is 2. The molecule has 0 aliphatic rings. The number of carbonyl (C=O) groups is 1. The summed E-state index contributed by atoms with van der Waals surface area (Å²) < 4.78 is 22.8. The van der Waals surface area contributed by atoms with E-state index < -0.39 is 0 Å². The molecule has 36 heavy (non-hydrogen) atoms. The predicted molar refractivity (Wildman–Crippen MR) is 139 cm³/mol. The average Bonchev–Trinajstić information content (AvgIpc) is 2.87. The summed E-state index contributed by atoms with van der Waals surface area (Å²) in [6, 6.07) is 18.8. The van der Waals surface area contributed by atoms with Gasteiger partial charge in [-0.2, -0.15) is 0 Å². The molecule has 1 N–H and O–H groups in total. The predicted octanol–water partition coefficient (Wildman–Crippen LogP) is 4.83. The van der Waals surface area contributed by atoms with Crippen LogP contribution >= 0.6 is 0 Å². The third kappa shape index (κ3) is 5.35. The minimum atomic E-state index is -0.337. The third-order valence-electron chi connectivity index (χ3n) is 5.87. The number of rotatable bonds is 9. The lowest BCUT2D eigenvalue weighted by Crippen LogP contribution is -2.31. The van der Waals surface area contributed by atoms with Crippen molar-refractivity contribution in [3.8, 4) is 28.6 Å². The monoisotopic (exact) mass is 487 g/mol. The molecule has 3 aromatic carbocycles. The van der Waals surface area contributed by atoms with Crippen LogP contribution in [0.15, 0.2) is 69.9 Å². The van der Waals surface area contributed by atoms with Crippen molar-refractivity contribution in [1.29, 1.82) is 0 Å². The van der Waals surface area contributed by atoms with Gasteiger partial charge in [0.15, 0.2) is 23.9 Å². The van der Waals surface area contributed by atoms with Crippen LogP contribution < -0.4 is 25.0 Å². The molecule has 0 spiro atoms. The Kier molecular flexibility index (Phi) is 7.59. The highest BCUT2D eigenvalue weighted by molar-refractivity contribution is 5.86. The molecule has 7 nitrogen and oxygen atoms in total. The zero-order chi connectivity index (χ0) is 25.7. The summed E-state index contributed by atoms with van der Waals surface area (Å²) in [7, 11) is 3.08. The number of carbonyl (C=O) groups excluding carboxylic acids is 1. The number of ether oxygens (including phenoxy) is 3. The largest absolute Gasteiger partial charge is 0.493 e. The number of methoxy groups -OCH3 is 2. The number of nitrogens with one attached hydrogen (secondary N) is 1. The van der Waals surface area contributed by atoms with E-state index in [2.05, 4.69) is 5.32 Å². The van der Waals surface area contributed by atoms with Crippen LogP contribution in [0.3, 0.4) is 0 Å². The van der Waals surface area contributed by atoms with Gasteiger partial charge in [-0.1, -0.05) is 36.4 Å². The van der Waals surface area contributed by atoms with Crippen LogP contribution in [0.25, 0.3) is 22.3 Å². The summed E-state index contributed by atoms with van der Waals surface area (Å²) >= 11 is 0. The Morgan fingerprint density at radius 3 is 2.42 bits per heavy atom. The first-order chi connectivity index (χ1) is 17.4. The Hall–Kier alpha value is -4.26. The molecule has 4 rings (SSSR count). The molecular weight excluding hydrogens is 458 g/mol. The molecule has 186 valence electrons. The van der Waals surface area contributed by atoms with Crippen LogP contribution in [0.1, 0.15) is 16.7 Å². The second-order valence-corrected chi connectivity index (χ2v) is 8.49. The zero-order valence-corrected chi connectivity index (χ0v) is 20.8. The topological polar surface area (TPSA) is 87.0 Å². The van der Waals surface area contributed by atoms with Gasteiger partial charge in [0.05, 0.1) is 19.6 Å². The minimum absolute atomic E-state index is 0.0279. The summed E-state index contributed by atoms with van der Waals surface area (Å²) in [6.07, 6.45) is 0.695. The van der Waals surface area contributed by atoms with E-state index in [0.717, 1.165) is 16.7 Å². The lowest BCUT2D eigenvalue weighted by atomic mass is 10.0. The maximum atomic E-state index is 13.6. The standard InChI is InChI=1S/C29H29NO6/c1-18-14-19(2)26-24(15-18)36-28(21-10-11-22(33-3)23(16-21)34-4)29(27(26)32)35-17-25(31)30-13-12-20-8-6-5-7-9-20/h5-11,14-16H,12-13,17H2,1-4H3,(H,30,31). The van der Waals surface area contributed by atoms with E-state index in [4.69, 9.17) is 18.6 Å². The van der Waals surface area contributed by atoms with Crippen LogP contribution in [0.5, 0.6) is 17.2 Å². The van der Waals surface area contributed by atoms with Gasteiger partial charge in [0, 0.05) is 12.1 Å². The first kappa shape index (κ1) is 24.9. The summed E-state index contributed by atoms with van der Waals surface area (Å²) in [5.74, 6) is 0.874. The van der Waals surface area contributed by atoms with Crippen molar-refractivity contribution < 1.29 is 23.4 Å². The number of hydrogen-bond donors (Lipinski definition) is 1. The minimum Gasteiger partial charge on any atom is -0.493 e. The Labute approximate surface area is 209 Å². The van der Waals surface area contributed by atoms with Crippen LogP contribution in [-0.4, -0.2) is 33.3 Å². The normalized spacial score (nSPS) is 10.8. The second-order valence-electron chi connectivity index (χ2n) is 8.49. The third-order valence-corrected chi connectivity index (χ3v) is 5.87. The lowest BCUT2D eigenvalue weighted by Gasteiger charge is -2.14. The highest BCUT2D eigenvalue weighted by Crippen LogP contribution is 2.37. The average molecular weight is 488 g/mol. The van der Waals surface area contributed by atoms with E-state index in [1.165, 1.54) is 7.11 Å². The molecule has 1 aromatic heterocycles. The molecule has 0 aliphatic carbocycles. The van der Waals surface area contributed by atoms with Crippen molar-refractivity contribution in [2.45, 2.75) is 20.3 Å². The fraction of sp³-hybridized carbons (Fsp3) is 0.241. The van der Waals surface area contributed by atoms with Gasteiger partial charge in [0.25, 0.3) is 5.91 Å². The van der Waals surface area contributed by atoms with Crippen molar-refractivity contribution in [2.75, 3.05) is 27.4 Å². The van der Waals surface area contributed by atoms with Gasteiger partial charge in [-0.05, 0) is 61.2 Å². The van der Waals surface area contributed by atoms with Crippen molar-refractivity contribution in [2.24, 2.45) is 0 Å². The van der Waals surface area contributed by atoms with Crippen molar-refractivity contribution in [3.05, 3.63) is 87.6 Å². The Bertz CT molecular complexity index is 1440. The number of fused-ring (bicyclic) bond motifs is 1. The Morgan fingerprint density at radius 2 is 1.69 bits per heavy atom. The zero-order valence-electron chi connectivity index (χ0n) is 20.8. The van der Waals surface area contributed by atoms with E-state index >= 15 is 0 Å². The van der Waals surface area contributed by atoms with Gasteiger partial charge in [-0.15, -0.1) is 0 Å². The SMILES string of the molecule is COc1ccc(-c2oc3cc(C)cc(C)c3c(=O)c2OCC(=O)NCCc2ccccc2)cc1OC. The van der Waals surface area contributed by atoms with Crippen molar-refractivity contribution in [1.82, 2.24) is 5.32 Å². The molecule has 0 radical (unpaired) electrons. The van der Waals surface area contributed by atoms with Crippen LogP contribution in [0.2, 0.25) is 0 Å². The molecule has 0 atom stereocenters. The molecule has 0 saturated carbocycles. The van der Waals surface area contributed by atoms with Crippen LogP contribution in [-0.2, 0) is 11.2 Å². The fourth-order valence-corrected chi connectivity index (χ4v) is 4.15. The van der Waals surface area contributed by atoms with Crippen LogP contribution in [0.4, 0.5) is 0 Å².